The highest BCUT2D eigenvalue weighted by atomic mass is 35.5. The first-order valence-electron chi connectivity index (χ1n) is 5.81. The molecule has 1 N–H and O–H groups in total. The Bertz CT molecular complexity index is 463. The Kier molecular flexibility index (Phi) is 4.22. The molecule has 2 rings (SSSR count). The molecular formula is C12H15Cl2NO2S. The van der Waals surface area contributed by atoms with Crippen LogP contribution in [0.15, 0.2) is 6.07 Å². The zero-order chi connectivity index (χ0) is 13.4. The molecular weight excluding hydrogens is 293 g/mol. The van der Waals surface area contributed by atoms with E-state index in [4.69, 9.17) is 28.3 Å². The third kappa shape index (κ3) is 2.67. The molecule has 1 aliphatic rings. The van der Waals surface area contributed by atoms with E-state index in [9.17, 15) is 4.79 Å². The fraction of sp³-hybridized carbons (Fsp3) is 0.583. The number of nitrogens with zero attached hydrogens (tertiary/aromatic N) is 1. The maximum absolute atomic E-state index is 11.1. The second-order valence-corrected chi connectivity index (χ2v) is 7.12. The summed E-state index contributed by atoms with van der Waals surface area (Å²) in [5.74, 6) is -0.843. The molecule has 2 heterocycles. The van der Waals surface area contributed by atoms with Crippen molar-refractivity contribution in [1.29, 1.82) is 0 Å². The number of rotatable bonds is 3. The van der Waals surface area contributed by atoms with Crippen LogP contribution in [-0.2, 0) is 4.79 Å². The van der Waals surface area contributed by atoms with Crippen LogP contribution in [-0.4, -0.2) is 29.1 Å². The molecule has 0 radical (unpaired) electrons. The van der Waals surface area contributed by atoms with Crippen molar-refractivity contribution < 1.29 is 9.90 Å². The number of hydrogen-bond donors (Lipinski definition) is 1. The summed E-state index contributed by atoms with van der Waals surface area (Å²) in [5, 5.41) is 9.14. The number of likely N-dealkylation sites (tertiary alicyclic amines) is 1. The van der Waals surface area contributed by atoms with Gasteiger partial charge in [0.2, 0.25) is 0 Å². The third-order valence-corrected chi connectivity index (χ3v) is 5.16. The largest absolute Gasteiger partial charge is 0.481 e. The molecule has 0 bridgehead atoms. The first kappa shape index (κ1) is 14.1. The standard InChI is InChI=1S/C12H15Cl2NO2S/c1-6-4-15(5-9(6)12(16)17)7(2)8-3-10(13)18-11(8)14/h3,6-7,9H,4-5H2,1-2H3,(H,16,17)/t6-,7?,9-/m1/s1. The maximum Gasteiger partial charge on any atom is 0.308 e. The van der Waals surface area contributed by atoms with Gasteiger partial charge >= 0.3 is 5.97 Å². The molecule has 6 heteroatoms. The van der Waals surface area contributed by atoms with Crippen LogP contribution in [0.5, 0.6) is 0 Å². The Morgan fingerprint density at radius 2 is 2.22 bits per heavy atom. The molecule has 0 aliphatic carbocycles. The van der Waals surface area contributed by atoms with Gasteiger partial charge in [-0.3, -0.25) is 9.69 Å². The Morgan fingerprint density at radius 3 is 2.67 bits per heavy atom. The summed E-state index contributed by atoms with van der Waals surface area (Å²) in [6, 6.07) is 1.98. The molecule has 1 unspecified atom stereocenters. The third-order valence-electron chi connectivity index (χ3n) is 3.64. The van der Waals surface area contributed by atoms with Crippen LogP contribution < -0.4 is 0 Å². The van der Waals surface area contributed by atoms with Crippen LogP contribution in [0.4, 0.5) is 0 Å². The van der Waals surface area contributed by atoms with E-state index in [2.05, 4.69) is 4.90 Å². The number of carboxylic acids is 1. The summed E-state index contributed by atoms with van der Waals surface area (Å²) in [4.78, 5) is 13.3. The van der Waals surface area contributed by atoms with Gasteiger partial charge in [0.15, 0.2) is 0 Å². The Hall–Kier alpha value is -0.290. The van der Waals surface area contributed by atoms with Crippen molar-refractivity contribution in [1.82, 2.24) is 4.90 Å². The van der Waals surface area contributed by atoms with E-state index in [-0.39, 0.29) is 17.9 Å². The van der Waals surface area contributed by atoms with Crippen LogP contribution in [0.25, 0.3) is 0 Å². The van der Waals surface area contributed by atoms with E-state index in [1.807, 2.05) is 19.9 Å². The molecule has 3 atom stereocenters. The Labute approximate surface area is 120 Å². The Balaban J connectivity index is 2.14. The summed E-state index contributed by atoms with van der Waals surface area (Å²) in [7, 11) is 0. The average molecular weight is 308 g/mol. The van der Waals surface area contributed by atoms with Crippen molar-refractivity contribution in [2.75, 3.05) is 13.1 Å². The van der Waals surface area contributed by atoms with Crippen molar-refractivity contribution >= 4 is 40.5 Å². The lowest BCUT2D eigenvalue weighted by Crippen LogP contribution is -2.26. The van der Waals surface area contributed by atoms with Gasteiger partial charge < -0.3 is 5.11 Å². The second kappa shape index (κ2) is 5.37. The highest BCUT2D eigenvalue weighted by Gasteiger charge is 2.37. The van der Waals surface area contributed by atoms with E-state index in [0.717, 1.165) is 12.1 Å². The minimum Gasteiger partial charge on any atom is -0.481 e. The fourth-order valence-electron chi connectivity index (χ4n) is 2.48. The summed E-state index contributed by atoms with van der Waals surface area (Å²) in [6.07, 6.45) is 0. The smallest absolute Gasteiger partial charge is 0.308 e. The molecule has 0 saturated carbocycles. The van der Waals surface area contributed by atoms with Gasteiger partial charge in [-0.1, -0.05) is 30.1 Å². The van der Waals surface area contributed by atoms with Crippen LogP contribution >= 0.6 is 34.5 Å². The van der Waals surface area contributed by atoms with Gasteiger partial charge in [-0.25, -0.2) is 0 Å². The molecule has 1 aliphatic heterocycles. The van der Waals surface area contributed by atoms with Gasteiger partial charge in [0.1, 0.15) is 0 Å². The number of carbonyl (C=O) groups is 1. The fourth-order valence-corrected chi connectivity index (χ4v) is 4.11. The molecule has 0 spiro atoms. The number of hydrogen-bond acceptors (Lipinski definition) is 3. The topological polar surface area (TPSA) is 40.5 Å². The van der Waals surface area contributed by atoms with Gasteiger partial charge in [-0.15, -0.1) is 11.3 Å². The minimum absolute atomic E-state index is 0.105. The molecule has 1 aromatic rings. The number of aliphatic carboxylic acids is 1. The maximum atomic E-state index is 11.1. The van der Waals surface area contributed by atoms with E-state index in [1.165, 1.54) is 11.3 Å². The van der Waals surface area contributed by atoms with Gasteiger partial charge in [-0.2, -0.15) is 0 Å². The number of carboxylic acid groups (broad SMARTS) is 1. The zero-order valence-electron chi connectivity index (χ0n) is 10.2. The quantitative estimate of drug-likeness (QED) is 0.924. The highest BCUT2D eigenvalue weighted by Crippen LogP contribution is 2.39. The predicted molar refractivity (Wildman–Crippen MR) is 74.6 cm³/mol. The lowest BCUT2D eigenvalue weighted by Gasteiger charge is -2.23. The summed E-state index contributed by atoms with van der Waals surface area (Å²) in [6.45, 7) is 5.37. The normalized spacial score (nSPS) is 26.4. The minimum atomic E-state index is -0.716. The van der Waals surface area contributed by atoms with Crippen molar-refractivity contribution in [3.05, 3.63) is 20.3 Å². The van der Waals surface area contributed by atoms with Gasteiger partial charge in [0.25, 0.3) is 0 Å². The SMILES string of the molecule is CC(c1cc(Cl)sc1Cl)N1C[C@@H](C)[C@H](C(=O)O)C1. The number of thiophene rings is 1. The van der Waals surface area contributed by atoms with Crippen LogP contribution in [0, 0.1) is 11.8 Å². The molecule has 0 aromatic carbocycles. The summed E-state index contributed by atoms with van der Waals surface area (Å²) >= 11 is 13.4. The van der Waals surface area contributed by atoms with E-state index >= 15 is 0 Å². The molecule has 18 heavy (non-hydrogen) atoms. The van der Waals surface area contributed by atoms with E-state index in [0.29, 0.717) is 15.2 Å². The zero-order valence-corrected chi connectivity index (χ0v) is 12.5. The van der Waals surface area contributed by atoms with Crippen LogP contribution in [0.3, 0.4) is 0 Å². The molecule has 100 valence electrons. The van der Waals surface area contributed by atoms with Gasteiger partial charge in [0, 0.05) is 24.7 Å². The van der Waals surface area contributed by atoms with E-state index in [1.54, 1.807) is 0 Å². The van der Waals surface area contributed by atoms with Gasteiger partial charge in [0.05, 0.1) is 14.6 Å². The van der Waals surface area contributed by atoms with Crippen molar-refractivity contribution in [3.8, 4) is 0 Å². The highest BCUT2D eigenvalue weighted by molar-refractivity contribution is 7.20. The van der Waals surface area contributed by atoms with Crippen molar-refractivity contribution in [2.45, 2.75) is 19.9 Å². The second-order valence-electron chi connectivity index (χ2n) is 4.83. The molecule has 1 fully saturated rings. The Morgan fingerprint density at radius 1 is 1.56 bits per heavy atom. The lowest BCUT2D eigenvalue weighted by molar-refractivity contribution is -0.142. The first-order chi connectivity index (χ1) is 8.40. The van der Waals surface area contributed by atoms with Crippen molar-refractivity contribution in [2.24, 2.45) is 11.8 Å². The molecule has 0 amide bonds. The van der Waals surface area contributed by atoms with Gasteiger partial charge in [-0.05, 0) is 18.9 Å². The summed E-state index contributed by atoms with van der Waals surface area (Å²) in [5.41, 5.74) is 0.991. The summed E-state index contributed by atoms with van der Waals surface area (Å²) < 4.78 is 1.36. The van der Waals surface area contributed by atoms with Crippen molar-refractivity contribution in [3.63, 3.8) is 0 Å². The predicted octanol–water partition coefficient (Wildman–Crippen LogP) is 3.77. The average Bonchev–Trinajstić information content (AvgIpc) is 2.81. The lowest BCUT2D eigenvalue weighted by atomic mass is 9.99. The van der Waals surface area contributed by atoms with E-state index < -0.39 is 5.97 Å². The molecule has 1 aromatic heterocycles. The molecule has 3 nitrogen and oxygen atoms in total. The van der Waals surface area contributed by atoms with Crippen LogP contribution in [0.1, 0.15) is 25.5 Å². The molecule has 1 saturated heterocycles. The van der Waals surface area contributed by atoms with Crippen LogP contribution in [0.2, 0.25) is 8.67 Å². The monoisotopic (exact) mass is 307 g/mol. The number of halogens is 2. The first-order valence-corrected chi connectivity index (χ1v) is 7.39.